The largest absolute Gasteiger partial charge is 0.480 e. The summed E-state index contributed by atoms with van der Waals surface area (Å²) in [6.07, 6.45) is 0.638. The van der Waals surface area contributed by atoms with Crippen LogP contribution in [0.15, 0.2) is 24.3 Å². The van der Waals surface area contributed by atoms with Gasteiger partial charge in [0.25, 0.3) is 0 Å². The summed E-state index contributed by atoms with van der Waals surface area (Å²) in [5.74, 6) is 0.0193. The van der Waals surface area contributed by atoms with Crippen LogP contribution in [0.4, 0.5) is 0 Å². The monoisotopic (exact) mass is 238 g/mol. The SMILES string of the molecule is CCC(C)(SCc1cccc(C)c1)C(=O)O. The number of hydrogen-bond acceptors (Lipinski definition) is 2. The Hall–Kier alpha value is -0.960. The first-order valence-corrected chi connectivity index (χ1v) is 6.39. The lowest BCUT2D eigenvalue weighted by Gasteiger charge is -2.22. The van der Waals surface area contributed by atoms with E-state index in [1.165, 1.54) is 22.9 Å². The van der Waals surface area contributed by atoms with Crippen LogP contribution in [0.25, 0.3) is 0 Å². The molecule has 3 heteroatoms. The lowest BCUT2D eigenvalue weighted by molar-refractivity contribution is -0.139. The van der Waals surface area contributed by atoms with Gasteiger partial charge in [-0.1, -0.05) is 36.8 Å². The lowest BCUT2D eigenvalue weighted by Crippen LogP contribution is -2.30. The minimum atomic E-state index is -0.729. The molecular formula is C13H18O2S. The number of hydrogen-bond donors (Lipinski definition) is 1. The molecule has 1 aromatic rings. The molecule has 1 unspecified atom stereocenters. The van der Waals surface area contributed by atoms with Crippen LogP contribution >= 0.6 is 11.8 Å². The Morgan fingerprint density at radius 2 is 2.19 bits per heavy atom. The fraction of sp³-hybridized carbons (Fsp3) is 0.462. The van der Waals surface area contributed by atoms with Crippen LogP contribution in [0.1, 0.15) is 31.4 Å². The number of carboxylic acids is 1. The van der Waals surface area contributed by atoms with E-state index in [4.69, 9.17) is 5.11 Å². The van der Waals surface area contributed by atoms with Gasteiger partial charge in [-0.15, -0.1) is 11.8 Å². The summed E-state index contributed by atoms with van der Waals surface area (Å²) in [5.41, 5.74) is 2.40. The Morgan fingerprint density at radius 3 is 2.69 bits per heavy atom. The topological polar surface area (TPSA) is 37.3 Å². The molecule has 1 N–H and O–H groups in total. The highest BCUT2D eigenvalue weighted by molar-refractivity contribution is 8.00. The molecule has 88 valence electrons. The summed E-state index contributed by atoms with van der Waals surface area (Å²) in [6, 6.07) is 8.20. The van der Waals surface area contributed by atoms with Gasteiger partial charge in [0.2, 0.25) is 0 Å². The predicted molar refractivity (Wildman–Crippen MR) is 68.8 cm³/mol. The molecule has 16 heavy (non-hydrogen) atoms. The van der Waals surface area contributed by atoms with E-state index in [-0.39, 0.29) is 0 Å². The molecule has 2 nitrogen and oxygen atoms in total. The van der Waals surface area contributed by atoms with Gasteiger partial charge in [0, 0.05) is 5.75 Å². The molecule has 0 aliphatic heterocycles. The molecule has 0 amide bonds. The minimum absolute atomic E-state index is 0.638. The van der Waals surface area contributed by atoms with E-state index < -0.39 is 10.7 Å². The van der Waals surface area contributed by atoms with Gasteiger partial charge in [0.05, 0.1) is 0 Å². The van der Waals surface area contributed by atoms with Crippen LogP contribution < -0.4 is 0 Å². The van der Waals surface area contributed by atoms with Gasteiger partial charge in [-0.05, 0) is 25.8 Å². The van der Waals surface area contributed by atoms with Gasteiger partial charge in [-0.2, -0.15) is 0 Å². The molecule has 1 rings (SSSR count). The average Bonchev–Trinajstić information content (AvgIpc) is 2.26. The molecular weight excluding hydrogens is 220 g/mol. The third-order valence-corrected chi connectivity index (χ3v) is 4.35. The molecule has 0 spiro atoms. The number of aryl methyl sites for hydroxylation is 1. The summed E-state index contributed by atoms with van der Waals surface area (Å²) < 4.78 is -0.677. The van der Waals surface area contributed by atoms with Crippen molar-refractivity contribution in [3.63, 3.8) is 0 Å². The Kier molecular flexibility index (Phi) is 4.42. The van der Waals surface area contributed by atoms with Crippen molar-refractivity contribution in [2.45, 2.75) is 37.7 Å². The van der Waals surface area contributed by atoms with Crippen molar-refractivity contribution < 1.29 is 9.90 Å². The summed E-state index contributed by atoms with van der Waals surface area (Å²) in [4.78, 5) is 11.1. The highest BCUT2D eigenvalue weighted by Crippen LogP contribution is 2.31. The number of rotatable bonds is 5. The summed E-state index contributed by atoms with van der Waals surface area (Å²) >= 11 is 1.49. The second kappa shape index (κ2) is 5.39. The maximum Gasteiger partial charge on any atom is 0.319 e. The van der Waals surface area contributed by atoms with Crippen molar-refractivity contribution in [3.05, 3.63) is 35.4 Å². The summed E-state index contributed by atoms with van der Waals surface area (Å²) in [6.45, 7) is 5.75. The van der Waals surface area contributed by atoms with Crippen LogP contribution in [0.3, 0.4) is 0 Å². The van der Waals surface area contributed by atoms with Crippen molar-refractivity contribution in [1.82, 2.24) is 0 Å². The fourth-order valence-corrected chi connectivity index (χ4v) is 2.35. The zero-order valence-corrected chi connectivity index (χ0v) is 10.8. The molecule has 0 aliphatic rings. The van der Waals surface area contributed by atoms with Crippen LogP contribution in [0.5, 0.6) is 0 Å². The maximum atomic E-state index is 11.1. The number of aliphatic carboxylic acids is 1. The highest BCUT2D eigenvalue weighted by atomic mass is 32.2. The maximum absolute atomic E-state index is 11.1. The molecule has 0 fully saturated rings. The van der Waals surface area contributed by atoms with Crippen molar-refractivity contribution in [1.29, 1.82) is 0 Å². The zero-order valence-electron chi connectivity index (χ0n) is 9.99. The van der Waals surface area contributed by atoms with Gasteiger partial charge in [0.15, 0.2) is 0 Å². The van der Waals surface area contributed by atoms with Gasteiger partial charge in [-0.25, -0.2) is 0 Å². The van der Waals surface area contributed by atoms with Crippen LogP contribution in [-0.4, -0.2) is 15.8 Å². The van der Waals surface area contributed by atoms with E-state index in [1.54, 1.807) is 6.92 Å². The van der Waals surface area contributed by atoms with E-state index in [1.807, 2.05) is 32.0 Å². The normalized spacial score (nSPS) is 14.4. The average molecular weight is 238 g/mol. The smallest absolute Gasteiger partial charge is 0.319 e. The number of carboxylic acid groups (broad SMARTS) is 1. The first-order valence-electron chi connectivity index (χ1n) is 5.41. The molecule has 0 heterocycles. The van der Waals surface area contributed by atoms with Crippen molar-refractivity contribution >= 4 is 17.7 Å². The first kappa shape index (κ1) is 13.1. The van der Waals surface area contributed by atoms with E-state index in [9.17, 15) is 4.79 Å². The van der Waals surface area contributed by atoms with E-state index in [0.29, 0.717) is 6.42 Å². The Bertz CT molecular complexity index is 376. The molecule has 1 aromatic carbocycles. The second-order valence-corrected chi connectivity index (χ2v) is 5.65. The molecule has 0 radical (unpaired) electrons. The quantitative estimate of drug-likeness (QED) is 0.853. The van der Waals surface area contributed by atoms with Crippen LogP contribution in [0, 0.1) is 6.92 Å². The number of carbonyl (C=O) groups is 1. The zero-order chi connectivity index (χ0) is 12.2. The molecule has 0 aliphatic carbocycles. The predicted octanol–water partition coefficient (Wildman–Crippen LogP) is 3.48. The van der Waals surface area contributed by atoms with E-state index in [0.717, 1.165) is 5.75 Å². The summed E-state index contributed by atoms with van der Waals surface area (Å²) in [7, 11) is 0. The van der Waals surface area contributed by atoms with Crippen molar-refractivity contribution in [2.75, 3.05) is 0 Å². The standard InChI is InChI=1S/C13H18O2S/c1-4-13(3,12(14)15)16-9-11-7-5-6-10(2)8-11/h5-8H,4,9H2,1-3H3,(H,14,15). The molecule has 0 saturated heterocycles. The van der Waals surface area contributed by atoms with E-state index >= 15 is 0 Å². The van der Waals surface area contributed by atoms with Crippen molar-refractivity contribution in [3.8, 4) is 0 Å². The minimum Gasteiger partial charge on any atom is -0.480 e. The highest BCUT2D eigenvalue weighted by Gasteiger charge is 2.31. The lowest BCUT2D eigenvalue weighted by atomic mass is 10.1. The number of benzene rings is 1. The van der Waals surface area contributed by atoms with Crippen molar-refractivity contribution in [2.24, 2.45) is 0 Å². The Morgan fingerprint density at radius 1 is 1.50 bits per heavy atom. The number of thioether (sulfide) groups is 1. The summed E-state index contributed by atoms with van der Waals surface area (Å²) in [5, 5.41) is 9.14. The van der Waals surface area contributed by atoms with Crippen LogP contribution in [0.2, 0.25) is 0 Å². The molecule has 0 aromatic heterocycles. The van der Waals surface area contributed by atoms with Gasteiger partial charge < -0.3 is 5.11 Å². The molecule has 1 atom stereocenters. The third-order valence-electron chi connectivity index (χ3n) is 2.77. The Balaban J connectivity index is 2.66. The molecule has 0 saturated carbocycles. The first-order chi connectivity index (χ1) is 7.48. The van der Waals surface area contributed by atoms with Gasteiger partial charge in [0.1, 0.15) is 4.75 Å². The van der Waals surface area contributed by atoms with Crippen LogP contribution in [-0.2, 0) is 10.5 Å². The second-order valence-electron chi connectivity index (χ2n) is 4.17. The molecule has 0 bridgehead atoms. The van der Waals surface area contributed by atoms with Gasteiger partial charge >= 0.3 is 5.97 Å². The Labute approximate surface area is 101 Å². The van der Waals surface area contributed by atoms with E-state index in [2.05, 4.69) is 6.07 Å². The third kappa shape index (κ3) is 3.27. The fourth-order valence-electron chi connectivity index (χ4n) is 1.36. The van der Waals surface area contributed by atoms with Gasteiger partial charge in [-0.3, -0.25) is 4.79 Å².